The van der Waals surface area contributed by atoms with Gasteiger partial charge in [0.2, 0.25) is 5.91 Å². The number of carbonyl (C=O) groups excluding carboxylic acids is 1. The van der Waals surface area contributed by atoms with Crippen molar-refractivity contribution >= 4 is 17.7 Å². The van der Waals surface area contributed by atoms with Gasteiger partial charge in [-0.3, -0.25) is 10.1 Å². The molecule has 1 atom stereocenters. The maximum Gasteiger partial charge on any atom is 0.387 e. The highest BCUT2D eigenvalue weighted by atomic mass is 32.2. The number of nitrogens with one attached hydrogen (secondary N) is 2. The van der Waals surface area contributed by atoms with Gasteiger partial charge < -0.3 is 10.1 Å². The highest BCUT2D eigenvalue weighted by Crippen LogP contribution is 2.15. The zero-order chi connectivity index (χ0) is 14.4. The zero-order valence-corrected chi connectivity index (χ0v) is 11.6. The van der Waals surface area contributed by atoms with Crippen LogP contribution in [0.1, 0.15) is 5.56 Å². The van der Waals surface area contributed by atoms with Crippen LogP contribution in [0.25, 0.3) is 0 Å². The summed E-state index contributed by atoms with van der Waals surface area (Å²) in [4.78, 5) is 11.7. The van der Waals surface area contributed by atoms with E-state index >= 15 is 0 Å². The molecule has 1 saturated heterocycles. The maximum absolute atomic E-state index is 12.0. The molecule has 0 radical (unpaired) electrons. The monoisotopic (exact) mass is 302 g/mol. The van der Waals surface area contributed by atoms with E-state index in [1.807, 2.05) is 0 Å². The van der Waals surface area contributed by atoms with Crippen LogP contribution in [0.5, 0.6) is 5.75 Å². The van der Waals surface area contributed by atoms with Crippen molar-refractivity contribution in [1.82, 2.24) is 10.6 Å². The van der Waals surface area contributed by atoms with Crippen LogP contribution in [-0.4, -0.2) is 36.7 Å². The lowest BCUT2D eigenvalue weighted by Gasteiger charge is -2.10. The standard InChI is InChI=1S/C13H16F2N2O2S/c14-13(15)19-10-3-1-9(2-4-10)5-6-16-12(18)11-7-20-8-17-11/h1-4,11,13,17H,5-8H2,(H,16,18)/t11-/m1/s1. The van der Waals surface area contributed by atoms with E-state index in [0.29, 0.717) is 13.0 Å². The maximum atomic E-state index is 12.0. The highest BCUT2D eigenvalue weighted by Gasteiger charge is 2.21. The Morgan fingerprint density at radius 2 is 2.20 bits per heavy atom. The molecule has 0 spiro atoms. The minimum absolute atomic E-state index is 0.00709. The third-order valence-corrected chi connectivity index (χ3v) is 3.83. The molecular weight excluding hydrogens is 286 g/mol. The van der Waals surface area contributed by atoms with Crippen molar-refractivity contribution in [1.29, 1.82) is 0 Å². The van der Waals surface area contributed by atoms with Crippen molar-refractivity contribution < 1.29 is 18.3 Å². The van der Waals surface area contributed by atoms with Gasteiger partial charge in [-0.1, -0.05) is 12.1 Å². The van der Waals surface area contributed by atoms with Crippen LogP contribution < -0.4 is 15.4 Å². The Labute approximate surface area is 120 Å². The number of amides is 1. The van der Waals surface area contributed by atoms with E-state index in [1.54, 1.807) is 23.9 Å². The molecule has 2 rings (SSSR count). The molecule has 1 aliphatic heterocycles. The number of halogens is 2. The molecule has 1 heterocycles. The molecular formula is C13H16F2N2O2S. The van der Waals surface area contributed by atoms with Gasteiger partial charge in [0.1, 0.15) is 5.75 Å². The van der Waals surface area contributed by atoms with Crippen LogP contribution in [0.15, 0.2) is 24.3 Å². The van der Waals surface area contributed by atoms with E-state index in [9.17, 15) is 13.6 Å². The predicted molar refractivity (Wildman–Crippen MR) is 74.0 cm³/mol. The molecule has 110 valence electrons. The van der Waals surface area contributed by atoms with Gasteiger partial charge in [0, 0.05) is 18.2 Å². The second-order valence-electron chi connectivity index (χ2n) is 4.34. The van der Waals surface area contributed by atoms with E-state index < -0.39 is 6.61 Å². The topological polar surface area (TPSA) is 50.4 Å². The largest absolute Gasteiger partial charge is 0.435 e. The van der Waals surface area contributed by atoms with Gasteiger partial charge in [-0.25, -0.2) is 0 Å². The first-order valence-electron chi connectivity index (χ1n) is 6.28. The van der Waals surface area contributed by atoms with Gasteiger partial charge in [-0.2, -0.15) is 8.78 Å². The second kappa shape index (κ2) is 7.44. The highest BCUT2D eigenvalue weighted by molar-refractivity contribution is 7.99. The lowest BCUT2D eigenvalue weighted by molar-refractivity contribution is -0.122. The average molecular weight is 302 g/mol. The molecule has 20 heavy (non-hydrogen) atoms. The van der Waals surface area contributed by atoms with Gasteiger partial charge >= 0.3 is 6.61 Å². The summed E-state index contributed by atoms with van der Waals surface area (Å²) in [5.74, 6) is 1.75. The summed E-state index contributed by atoms with van der Waals surface area (Å²) in [7, 11) is 0. The van der Waals surface area contributed by atoms with Crippen molar-refractivity contribution in [2.75, 3.05) is 18.2 Å². The smallest absolute Gasteiger partial charge is 0.387 e. The van der Waals surface area contributed by atoms with Crippen LogP contribution >= 0.6 is 11.8 Å². The number of ether oxygens (including phenoxy) is 1. The molecule has 7 heteroatoms. The van der Waals surface area contributed by atoms with Crippen LogP contribution in [0, 0.1) is 0 Å². The molecule has 1 fully saturated rings. The Kier molecular flexibility index (Phi) is 5.60. The SMILES string of the molecule is O=C(NCCc1ccc(OC(F)F)cc1)[C@H]1CSCN1. The third kappa shape index (κ3) is 4.64. The number of alkyl halides is 2. The van der Waals surface area contributed by atoms with Gasteiger partial charge in [0.15, 0.2) is 0 Å². The normalized spacial score (nSPS) is 18.2. The first-order chi connectivity index (χ1) is 9.65. The van der Waals surface area contributed by atoms with Crippen molar-refractivity contribution in [3.05, 3.63) is 29.8 Å². The third-order valence-electron chi connectivity index (χ3n) is 2.89. The molecule has 0 saturated carbocycles. The lowest BCUT2D eigenvalue weighted by atomic mass is 10.1. The molecule has 1 aliphatic rings. The molecule has 1 aromatic rings. The number of hydrogen-bond donors (Lipinski definition) is 2. The van der Waals surface area contributed by atoms with E-state index in [4.69, 9.17) is 0 Å². The number of hydrogen-bond acceptors (Lipinski definition) is 4. The minimum Gasteiger partial charge on any atom is -0.435 e. The summed E-state index contributed by atoms with van der Waals surface area (Å²) in [6.45, 7) is -2.28. The van der Waals surface area contributed by atoms with E-state index in [-0.39, 0.29) is 17.7 Å². The van der Waals surface area contributed by atoms with Crippen LogP contribution in [0.4, 0.5) is 8.78 Å². The van der Waals surface area contributed by atoms with Crippen molar-refractivity contribution in [3.8, 4) is 5.75 Å². The first-order valence-corrected chi connectivity index (χ1v) is 7.43. The fourth-order valence-corrected chi connectivity index (χ4v) is 2.80. The van der Waals surface area contributed by atoms with Crippen molar-refractivity contribution in [3.63, 3.8) is 0 Å². The lowest BCUT2D eigenvalue weighted by Crippen LogP contribution is -2.42. The summed E-state index contributed by atoms with van der Waals surface area (Å²) in [6.07, 6.45) is 0.653. The molecule has 2 N–H and O–H groups in total. The number of carbonyl (C=O) groups is 1. The number of rotatable bonds is 6. The molecule has 0 aliphatic carbocycles. The Bertz CT molecular complexity index is 437. The fourth-order valence-electron chi connectivity index (χ4n) is 1.85. The molecule has 0 aromatic heterocycles. The Hall–Kier alpha value is -1.34. The van der Waals surface area contributed by atoms with Gasteiger partial charge in [0.25, 0.3) is 0 Å². The first kappa shape index (κ1) is 15.1. The van der Waals surface area contributed by atoms with Gasteiger partial charge in [-0.05, 0) is 24.1 Å². The second-order valence-corrected chi connectivity index (χ2v) is 5.37. The number of thioether (sulfide) groups is 1. The molecule has 0 unspecified atom stereocenters. The minimum atomic E-state index is -2.81. The number of benzene rings is 1. The summed E-state index contributed by atoms with van der Waals surface area (Å²) in [5.41, 5.74) is 0.959. The van der Waals surface area contributed by atoms with Crippen LogP contribution in [0.3, 0.4) is 0 Å². The van der Waals surface area contributed by atoms with E-state index in [1.165, 1.54) is 12.1 Å². The summed E-state index contributed by atoms with van der Waals surface area (Å²) in [6, 6.07) is 6.32. The predicted octanol–water partition coefficient (Wildman–Crippen LogP) is 1.61. The van der Waals surface area contributed by atoms with Crippen LogP contribution in [0.2, 0.25) is 0 Å². The Balaban J connectivity index is 1.72. The van der Waals surface area contributed by atoms with Gasteiger partial charge in [-0.15, -0.1) is 11.8 Å². The van der Waals surface area contributed by atoms with E-state index in [2.05, 4.69) is 15.4 Å². The quantitative estimate of drug-likeness (QED) is 0.838. The summed E-state index contributed by atoms with van der Waals surface area (Å²) >= 11 is 1.70. The van der Waals surface area contributed by atoms with Crippen molar-refractivity contribution in [2.24, 2.45) is 0 Å². The fraction of sp³-hybridized carbons (Fsp3) is 0.462. The molecule has 1 aromatic carbocycles. The Morgan fingerprint density at radius 1 is 1.45 bits per heavy atom. The Morgan fingerprint density at radius 3 is 2.80 bits per heavy atom. The average Bonchev–Trinajstić information content (AvgIpc) is 2.94. The summed E-state index contributed by atoms with van der Waals surface area (Å²) in [5, 5.41) is 5.95. The van der Waals surface area contributed by atoms with Crippen molar-refractivity contribution in [2.45, 2.75) is 19.1 Å². The summed E-state index contributed by atoms with van der Waals surface area (Å²) < 4.78 is 28.2. The van der Waals surface area contributed by atoms with E-state index in [0.717, 1.165) is 17.2 Å². The van der Waals surface area contributed by atoms with Crippen LogP contribution in [-0.2, 0) is 11.2 Å². The molecule has 1 amide bonds. The molecule has 4 nitrogen and oxygen atoms in total. The molecule has 0 bridgehead atoms. The zero-order valence-electron chi connectivity index (χ0n) is 10.8. The van der Waals surface area contributed by atoms with Gasteiger partial charge in [0.05, 0.1) is 6.04 Å².